The van der Waals surface area contributed by atoms with Crippen LogP contribution < -0.4 is 5.69 Å². The molecule has 1 aromatic carbocycles. The van der Waals surface area contributed by atoms with E-state index in [4.69, 9.17) is 11.6 Å². The van der Waals surface area contributed by atoms with Crippen LogP contribution in [0.15, 0.2) is 35.4 Å². The molecule has 0 saturated heterocycles. The van der Waals surface area contributed by atoms with Crippen molar-refractivity contribution >= 4 is 17.3 Å². The number of hydrogen-bond donors (Lipinski definition) is 0. The Hall–Kier alpha value is -2.08. The normalized spacial score (nSPS) is 10.6. The van der Waals surface area contributed by atoms with Gasteiger partial charge >= 0.3 is 5.69 Å². The highest BCUT2D eigenvalue weighted by atomic mass is 35.5. The summed E-state index contributed by atoms with van der Waals surface area (Å²) in [4.78, 5) is 22.4. The van der Waals surface area contributed by atoms with Gasteiger partial charge in [-0.1, -0.05) is 17.7 Å². The molecule has 0 unspecified atom stereocenters. The Kier molecular flexibility index (Phi) is 3.71. The third-order valence-electron chi connectivity index (χ3n) is 2.88. The molecular formula is C12H12ClN3O3. The molecule has 6 nitrogen and oxygen atoms in total. The smallest absolute Gasteiger partial charge is 0.300 e. The van der Waals surface area contributed by atoms with Crippen LogP contribution in [-0.4, -0.2) is 14.1 Å². The summed E-state index contributed by atoms with van der Waals surface area (Å²) in [6, 6.07) is 4.47. The predicted octanol–water partition coefficient (Wildman–Crippen LogP) is 2.28. The summed E-state index contributed by atoms with van der Waals surface area (Å²) in [6.07, 6.45) is 3.24. The van der Waals surface area contributed by atoms with Crippen molar-refractivity contribution in [2.45, 2.75) is 20.0 Å². The Bertz CT molecular complexity index is 675. The number of benzene rings is 1. The van der Waals surface area contributed by atoms with Gasteiger partial charge in [-0.25, -0.2) is 4.79 Å². The van der Waals surface area contributed by atoms with Gasteiger partial charge in [-0.3, -0.25) is 19.2 Å². The van der Waals surface area contributed by atoms with Gasteiger partial charge in [-0.15, -0.1) is 0 Å². The first kappa shape index (κ1) is 13.4. The maximum Gasteiger partial charge on any atom is 0.328 e. The molecule has 0 N–H and O–H groups in total. The molecule has 0 spiro atoms. The van der Waals surface area contributed by atoms with Crippen molar-refractivity contribution in [1.29, 1.82) is 0 Å². The highest BCUT2D eigenvalue weighted by molar-refractivity contribution is 6.31. The fraction of sp³-hybridized carbons (Fsp3) is 0.250. The molecule has 100 valence electrons. The number of halogens is 1. The molecule has 1 heterocycles. The number of nitro groups is 1. The van der Waals surface area contributed by atoms with Gasteiger partial charge in [-0.2, -0.15) is 0 Å². The first-order valence-corrected chi connectivity index (χ1v) is 6.09. The molecule has 0 aliphatic carbocycles. The SMILES string of the molecule is CCn1ccn(Cc2c(Cl)cccc2[N+](=O)[O-])c1=O. The van der Waals surface area contributed by atoms with Crippen LogP contribution in [0.5, 0.6) is 0 Å². The summed E-state index contributed by atoms with van der Waals surface area (Å²) < 4.78 is 2.92. The molecule has 1 aromatic heterocycles. The average Bonchev–Trinajstić information content (AvgIpc) is 2.72. The summed E-state index contributed by atoms with van der Waals surface area (Å²) >= 11 is 5.99. The number of nitrogens with zero attached hydrogens (tertiary/aromatic N) is 3. The van der Waals surface area contributed by atoms with E-state index in [1.54, 1.807) is 18.5 Å². The van der Waals surface area contributed by atoms with Crippen LogP contribution in [0.1, 0.15) is 12.5 Å². The molecular weight excluding hydrogens is 270 g/mol. The van der Waals surface area contributed by atoms with Gasteiger partial charge in [0.15, 0.2) is 0 Å². The van der Waals surface area contributed by atoms with Gasteiger partial charge in [0.05, 0.1) is 22.1 Å². The second-order valence-corrected chi connectivity index (χ2v) is 4.40. The summed E-state index contributed by atoms with van der Waals surface area (Å²) in [5.74, 6) is 0. The fourth-order valence-corrected chi connectivity index (χ4v) is 2.09. The van der Waals surface area contributed by atoms with Crippen LogP contribution in [0.3, 0.4) is 0 Å². The molecule has 0 aliphatic heterocycles. The van der Waals surface area contributed by atoms with Crippen LogP contribution >= 0.6 is 11.6 Å². The lowest BCUT2D eigenvalue weighted by molar-refractivity contribution is -0.385. The Morgan fingerprint density at radius 3 is 2.58 bits per heavy atom. The van der Waals surface area contributed by atoms with Crippen LogP contribution in [0.2, 0.25) is 5.02 Å². The highest BCUT2D eigenvalue weighted by Crippen LogP contribution is 2.26. The molecule has 0 amide bonds. The molecule has 0 fully saturated rings. The molecule has 0 radical (unpaired) electrons. The molecule has 7 heteroatoms. The first-order chi connectivity index (χ1) is 9.04. The Balaban J connectivity index is 2.46. The van der Waals surface area contributed by atoms with E-state index >= 15 is 0 Å². The van der Waals surface area contributed by atoms with Crippen molar-refractivity contribution in [2.75, 3.05) is 0 Å². The van der Waals surface area contributed by atoms with Crippen LogP contribution in [0.25, 0.3) is 0 Å². The number of rotatable bonds is 4. The van der Waals surface area contributed by atoms with Gasteiger partial charge in [0.2, 0.25) is 0 Å². The maximum absolute atomic E-state index is 11.9. The topological polar surface area (TPSA) is 70.1 Å². The van der Waals surface area contributed by atoms with Gasteiger partial charge < -0.3 is 0 Å². The van der Waals surface area contributed by atoms with Gasteiger partial charge in [0.25, 0.3) is 5.69 Å². The Labute approximate surface area is 114 Å². The minimum atomic E-state index is -0.497. The zero-order chi connectivity index (χ0) is 14.0. The van der Waals surface area contributed by atoms with E-state index in [0.29, 0.717) is 12.1 Å². The second-order valence-electron chi connectivity index (χ2n) is 3.99. The Morgan fingerprint density at radius 1 is 1.32 bits per heavy atom. The van der Waals surface area contributed by atoms with Crippen molar-refractivity contribution in [3.05, 3.63) is 61.8 Å². The quantitative estimate of drug-likeness (QED) is 0.638. The molecule has 0 atom stereocenters. The van der Waals surface area contributed by atoms with Crippen LogP contribution in [-0.2, 0) is 13.1 Å². The number of aromatic nitrogens is 2. The van der Waals surface area contributed by atoms with E-state index in [2.05, 4.69) is 0 Å². The Morgan fingerprint density at radius 2 is 2.00 bits per heavy atom. The van der Waals surface area contributed by atoms with Gasteiger partial charge in [0, 0.05) is 25.0 Å². The minimum absolute atomic E-state index is 0.0800. The number of nitro benzene ring substituents is 1. The van der Waals surface area contributed by atoms with Crippen molar-refractivity contribution in [1.82, 2.24) is 9.13 Å². The van der Waals surface area contributed by atoms with E-state index in [1.165, 1.54) is 21.3 Å². The second kappa shape index (κ2) is 5.27. The van der Waals surface area contributed by atoms with Crippen LogP contribution in [0, 0.1) is 10.1 Å². The monoisotopic (exact) mass is 281 g/mol. The highest BCUT2D eigenvalue weighted by Gasteiger charge is 2.17. The molecule has 0 aliphatic rings. The average molecular weight is 282 g/mol. The molecule has 0 bridgehead atoms. The summed E-state index contributed by atoms with van der Waals surface area (Å²) in [6.45, 7) is 2.49. The number of aryl methyl sites for hydroxylation is 1. The van der Waals surface area contributed by atoms with Gasteiger partial charge in [-0.05, 0) is 13.0 Å². The van der Waals surface area contributed by atoms with Crippen molar-refractivity contribution in [2.24, 2.45) is 0 Å². The summed E-state index contributed by atoms with van der Waals surface area (Å²) in [5, 5.41) is 11.2. The van der Waals surface area contributed by atoms with E-state index < -0.39 is 4.92 Å². The largest absolute Gasteiger partial charge is 0.328 e. The lowest BCUT2D eigenvalue weighted by atomic mass is 10.2. The van der Waals surface area contributed by atoms with Crippen LogP contribution in [0.4, 0.5) is 5.69 Å². The van der Waals surface area contributed by atoms with E-state index in [-0.39, 0.29) is 22.9 Å². The molecule has 19 heavy (non-hydrogen) atoms. The summed E-state index contributed by atoms with van der Waals surface area (Å²) in [7, 11) is 0. The van der Waals surface area contributed by atoms with Crippen molar-refractivity contribution in [3.8, 4) is 0 Å². The van der Waals surface area contributed by atoms with E-state index in [1.807, 2.05) is 6.92 Å². The summed E-state index contributed by atoms with van der Waals surface area (Å²) in [5.41, 5.74) is 0.0467. The molecule has 0 saturated carbocycles. The maximum atomic E-state index is 11.9. The zero-order valence-corrected chi connectivity index (χ0v) is 11.0. The number of hydrogen-bond acceptors (Lipinski definition) is 3. The van der Waals surface area contributed by atoms with Gasteiger partial charge in [0.1, 0.15) is 0 Å². The van der Waals surface area contributed by atoms with E-state index in [9.17, 15) is 14.9 Å². The minimum Gasteiger partial charge on any atom is -0.300 e. The third-order valence-corrected chi connectivity index (χ3v) is 3.23. The molecule has 2 aromatic rings. The lowest BCUT2D eigenvalue weighted by Gasteiger charge is -2.05. The molecule has 2 rings (SSSR count). The fourth-order valence-electron chi connectivity index (χ4n) is 1.86. The lowest BCUT2D eigenvalue weighted by Crippen LogP contribution is -2.24. The zero-order valence-electron chi connectivity index (χ0n) is 10.2. The van der Waals surface area contributed by atoms with Crippen molar-refractivity contribution in [3.63, 3.8) is 0 Å². The predicted molar refractivity (Wildman–Crippen MR) is 71.6 cm³/mol. The number of imidazole rings is 1. The van der Waals surface area contributed by atoms with E-state index in [0.717, 1.165) is 0 Å². The van der Waals surface area contributed by atoms with Crippen molar-refractivity contribution < 1.29 is 4.92 Å². The third kappa shape index (κ3) is 2.53. The first-order valence-electron chi connectivity index (χ1n) is 5.72. The standard InChI is InChI=1S/C12H12ClN3O3/c1-2-14-6-7-15(12(14)17)8-9-10(13)4-3-5-11(9)16(18)19/h3-7H,2,8H2,1H3.